The number of methoxy groups -OCH3 is 1. The van der Waals surface area contributed by atoms with E-state index in [9.17, 15) is 14.4 Å². The number of benzene rings is 2. The Kier molecular flexibility index (Phi) is 7.98. The van der Waals surface area contributed by atoms with Crippen LogP contribution in [0.25, 0.3) is 0 Å². The number of Topliss-reactive ketones (excluding diaryl/α,β-unsaturated/α-hetero) is 1. The van der Waals surface area contributed by atoms with E-state index in [-0.39, 0.29) is 6.42 Å². The third-order valence-corrected chi connectivity index (χ3v) is 4.01. The van der Waals surface area contributed by atoms with Gasteiger partial charge in [-0.3, -0.25) is 4.79 Å². The van der Waals surface area contributed by atoms with E-state index in [0.29, 0.717) is 12.4 Å². The largest absolute Gasteiger partial charge is 0.489 e. The molecule has 0 saturated carbocycles. The molecule has 1 N–H and O–H groups in total. The number of rotatable bonds is 8. The predicted molar refractivity (Wildman–Crippen MR) is 111 cm³/mol. The number of alkyl carbamates (subject to hydrolysis) is 1. The summed E-state index contributed by atoms with van der Waals surface area (Å²) in [7, 11) is 1.11. The van der Waals surface area contributed by atoms with Crippen molar-refractivity contribution < 1.29 is 28.6 Å². The summed E-state index contributed by atoms with van der Waals surface area (Å²) in [5, 5.41) is 2.46. The fraction of sp³-hybridized carbons (Fsp3) is 0.348. The van der Waals surface area contributed by atoms with Gasteiger partial charge < -0.3 is 19.5 Å². The zero-order chi connectivity index (χ0) is 22.1. The van der Waals surface area contributed by atoms with E-state index in [2.05, 4.69) is 10.1 Å². The van der Waals surface area contributed by atoms with Crippen LogP contribution in [0.15, 0.2) is 54.6 Å². The van der Waals surface area contributed by atoms with E-state index in [1.165, 1.54) is 0 Å². The Balaban J connectivity index is 2.03. The highest BCUT2D eigenvalue weighted by molar-refractivity contribution is 6.36. The van der Waals surface area contributed by atoms with Crippen LogP contribution in [0, 0.1) is 0 Å². The molecule has 160 valence electrons. The molecule has 0 aliphatic carbocycles. The van der Waals surface area contributed by atoms with Gasteiger partial charge in [0.05, 0.1) is 7.11 Å². The summed E-state index contributed by atoms with van der Waals surface area (Å²) in [6.45, 7) is 5.55. The molecule has 0 fully saturated rings. The second-order valence-corrected chi connectivity index (χ2v) is 7.68. The fourth-order valence-corrected chi connectivity index (χ4v) is 2.60. The average molecular weight is 413 g/mol. The molecular weight excluding hydrogens is 386 g/mol. The quantitative estimate of drug-likeness (QED) is 0.527. The van der Waals surface area contributed by atoms with Gasteiger partial charge in [0.2, 0.25) is 0 Å². The van der Waals surface area contributed by atoms with Crippen LogP contribution >= 0.6 is 0 Å². The zero-order valence-electron chi connectivity index (χ0n) is 17.6. The predicted octanol–water partition coefficient (Wildman–Crippen LogP) is 3.44. The minimum Gasteiger partial charge on any atom is -0.489 e. The maximum atomic E-state index is 12.3. The fourth-order valence-electron chi connectivity index (χ4n) is 2.60. The van der Waals surface area contributed by atoms with Crippen molar-refractivity contribution in [2.75, 3.05) is 7.11 Å². The average Bonchev–Trinajstić information content (AvgIpc) is 2.71. The summed E-state index contributed by atoms with van der Waals surface area (Å²) in [5.74, 6) is -1.22. The first-order chi connectivity index (χ1) is 14.2. The van der Waals surface area contributed by atoms with Gasteiger partial charge in [-0.05, 0) is 44.0 Å². The van der Waals surface area contributed by atoms with Crippen molar-refractivity contribution in [1.29, 1.82) is 0 Å². The SMILES string of the molecule is COC(=O)C(=O)[C@H](Cc1ccc(OCc2ccccc2)cc1)NC(=O)OC(C)(C)C. The first-order valence-corrected chi connectivity index (χ1v) is 9.55. The van der Waals surface area contributed by atoms with Crippen molar-refractivity contribution in [2.45, 2.75) is 45.4 Å². The maximum absolute atomic E-state index is 12.3. The maximum Gasteiger partial charge on any atom is 0.408 e. The molecule has 0 aliphatic heterocycles. The minimum atomic E-state index is -1.11. The van der Waals surface area contributed by atoms with Crippen molar-refractivity contribution in [1.82, 2.24) is 5.32 Å². The Hall–Kier alpha value is -3.35. The van der Waals surface area contributed by atoms with E-state index >= 15 is 0 Å². The normalized spacial score (nSPS) is 11.9. The smallest absolute Gasteiger partial charge is 0.408 e. The molecule has 30 heavy (non-hydrogen) atoms. The van der Waals surface area contributed by atoms with Gasteiger partial charge in [-0.15, -0.1) is 0 Å². The summed E-state index contributed by atoms with van der Waals surface area (Å²) in [6, 6.07) is 15.7. The molecule has 1 atom stereocenters. The Morgan fingerprint density at radius 2 is 1.57 bits per heavy atom. The van der Waals surface area contributed by atoms with Gasteiger partial charge in [0.1, 0.15) is 24.0 Å². The number of carbonyl (C=O) groups is 3. The second-order valence-electron chi connectivity index (χ2n) is 7.68. The summed E-state index contributed by atoms with van der Waals surface area (Å²) < 4.78 is 15.4. The lowest BCUT2D eigenvalue weighted by Crippen LogP contribution is -2.47. The lowest BCUT2D eigenvalue weighted by molar-refractivity contribution is -0.152. The van der Waals surface area contributed by atoms with E-state index in [4.69, 9.17) is 9.47 Å². The molecule has 2 aromatic rings. The Labute approximate surface area is 176 Å². The highest BCUT2D eigenvalue weighted by Gasteiger charge is 2.29. The van der Waals surface area contributed by atoms with E-state index < -0.39 is 29.5 Å². The Morgan fingerprint density at radius 1 is 0.933 bits per heavy atom. The van der Waals surface area contributed by atoms with E-state index in [1.807, 2.05) is 30.3 Å². The number of hydrogen-bond acceptors (Lipinski definition) is 6. The van der Waals surface area contributed by atoms with Crippen molar-refractivity contribution in [3.8, 4) is 5.75 Å². The number of ketones is 1. The summed E-state index contributed by atoms with van der Waals surface area (Å²) in [4.78, 5) is 36.1. The molecule has 2 rings (SSSR count). The van der Waals surface area contributed by atoms with E-state index in [0.717, 1.165) is 18.2 Å². The standard InChI is InChI=1S/C23H27NO6/c1-23(2,3)30-22(27)24-19(20(25)21(26)28-4)14-16-10-12-18(13-11-16)29-15-17-8-6-5-7-9-17/h5-13,19H,14-15H2,1-4H3,(H,24,27)/t19-/m0/s1. The molecule has 7 heteroatoms. The minimum absolute atomic E-state index is 0.103. The van der Waals surface area contributed by atoms with Crippen LogP contribution in [0.1, 0.15) is 31.9 Å². The molecule has 0 bridgehead atoms. The van der Waals surface area contributed by atoms with Crippen LogP contribution < -0.4 is 10.1 Å². The van der Waals surface area contributed by atoms with Crippen molar-refractivity contribution >= 4 is 17.8 Å². The van der Waals surface area contributed by atoms with Gasteiger partial charge in [-0.1, -0.05) is 42.5 Å². The molecule has 1 amide bonds. The molecule has 0 heterocycles. The van der Waals surface area contributed by atoms with Crippen molar-refractivity contribution in [2.24, 2.45) is 0 Å². The number of nitrogens with one attached hydrogen (secondary N) is 1. The first kappa shape index (κ1) is 22.9. The van der Waals surface area contributed by atoms with Gasteiger partial charge >= 0.3 is 12.1 Å². The van der Waals surface area contributed by atoms with Crippen molar-refractivity contribution in [3.63, 3.8) is 0 Å². The number of esters is 1. The molecule has 0 radical (unpaired) electrons. The van der Waals surface area contributed by atoms with Gasteiger partial charge in [0.15, 0.2) is 0 Å². The number of hydrogen-bond donors (Lipinski definition) is 1. The topological polar surface area (TPSA) is 90.9 Å². The Bertz CT molecular complexity index is 856. The highest BCUT2D eigenvalue weighted by Crippen LogP contribution is 2.16. The zero-order valence-corrected chi connectivity index (χ0v) is 17.6. The first-order valence-electron chi connectivity index (χ1n) is 9.55. The Morgan fingerprint density at radius 3 is 2.13 bits per heavy atom. The molecule has 0 aromatic heterocycles. The molecule has 0 aliphatic rings. The molecule has 2 aromatic carbocycles. The van der Waals surface area contributed by atoms with Crippen LogP contribution in [0.4, 0.5) is 4.79 Å². The van der Waals surface area contributed by atoms with E-state index in [1.54, 1.807) is 45.0 Å². The van der Waals surface area contributed by atoms with Gasteiger partial charge in [0, 0.05) is 6.42 Å². The van der Waals surface area contributed by atoms with Crippen LogP contribution in [0.3, 0.4) is 0 Å². The van der Waals surface area contributed by atoms with Crippen LogP contribution in [0.5, 0.6) is 5.75 Å². The molecule has 0 spiro atoms. The van der Waals surface area contributed by atoms with Crippen LogP contribution in [-0.2, 0) is 32.1 Å². The molecular formula is C23H27NO6. The third kappa shape index (κ3) is 7.58. The van der Waals surface area contributed by atoms with Crippen LogP contribution in [-0.4, -0.2) is 36.6 Å². The number of amides is 1. The van der Waals surface area contributed by atoms with Gasteiger partial charge in [-0.2, -0.15) is 0 Å². The molecule has 7 nitrogen and oxygen atoms in total. The monoisotopic (exact) mass is 413 g/mol. The molecule has 0 unspecified atom stereocenters. The van der Waals surface area contributed by atoms with Crippen molar-refractivity contribution in [3.05, 3.63) is 65.7 Å². The lowest BCUT2D eigenvalue weighted by atomic mass is 10.0. The van der Waals surface area contributed by atoms with Crippen LogP contribution in [0.2, 0.25) is 0 Å². The molecule has 0 saturated heterocycles. The van der Waals surface area contributed by atoms with Gasteiger partial charge in [-0.25, -0.2) is 9.59 Å². The number of carbonyl (C=O) groups excluding carboxylic acids is 3. The van der Waals surface area contributed by atoms with Gasteiger partial charge in [0.25, 0.3) is 5.78 Å². The summed E-state index contributed by atoms with van der Waals surface area (Å²) in [6.07, 6.45) is -0.681. The number of ether oxygens (including phenoxy) is 3. The summed E-state index contributed by atoms with van der Waals surface area (Å²) in [5.41, 5.74) is 1.05. The second kappa shape index (κ2) is 10.4. The highest BCUT2D eigenvalue weighted by atomic mass is 16.6. The summed E-state index contributed by atoms with van der Waals surface area (Å²) >= 11 is 0. The lowest BCUT2D eigenvalue weighted by Gasteiger charge is -2.22. The third-order valence-electron chi connectivity index (χ3n) is 4.01.